The molecule has 0 aromatic carbocycles. The Morgan fingerprint density at radius 1 is 0.800 bits per heavy atom. The molecule has 0 saturated carbocycles. The predicted octanol–water partition coefficient (Wildman–Crippen LogP) is 7.03. The molecule has 0 fully saturated rings. The van der Waals surface area contributed by atoms with E-state index in [0.29, 0.717) is 12.0 Å². The van der Waals surface area contributed by atoms with Gasteiger partial charge in [-0.3, -0.25) is 0 Å². The van der Waals surface area contributed by atoms with Gasteiger partial charge in [0, 0.05) is 0 Å². The van der Waals surface area contributed by atoms with Gasteiger partial charge in [-0.2, -0.15) is 0 Å². The molecule has 146 valence electrons. The predicted molar refractivity (Wildman–Crippen MR) is 107 cm³/mol. The van der Waals surface area contributed by atoms with Crippen LogP contribution in [-0.4, -0.2) is 18.2 Å². The molecule has 0 spiro atoms. The molecule has 3 heteroatoms. The zero-order chi connectivity index (χ0) is 18.6. The van der Waals surface area contributed by atoms with Gasteiger partial charge in [0.1, 0.15) is 0 Å². The van der Waals surface area contributed by atoms with Crippen molar-refractivity contribution in [2.45, 2.75) is 103 Å². The summed E-state index contributed by atoms with van der Waals surface area (Å²) in [7, 11) is 1.34. The third kappa shape index (κ3) is 16.0. The fourth-order valence-electron chi connectivity index (χ4n) is 2.91. The standard InChI is InChI=1S/C22H40O3/c1-3-4-5-6-7-8-9-10-11-12-13-14-15-16-17-18-19-21(20-23)22(24)25-2/h10-11,20,23H,3-9,12-19H2,1-2H3/b11-10-,21-20?. The molecule has 0 amide bonds. The quantitative estimate of drug-likeness (QED) is 0.100. The van der Waals surface area contributed by atoms with Gasteiger partial charge in [0.15, 0.2) is 0 Å². The molecular formula is C22H40O3. The van der Waals surface area contributed by atoms with Gasteiger partial charge in [-0.25, -0.2) is 4.79 Å². The maximum atomic E-state index is 11.3. The van der Waals surface area contributed by atoms with Crippen molar-refractivity contribution >= 4 is 5.97 Å². The van der Waals surface area contributed by atoms with E-state index in [1.807, 2.05) is 0 Å². The molecule has 0 aliphatic carbocycles. The largest absolute Gasteiger partial charge is 0.515 e. The number of hydrogen-bond acceptors (Lipinski definition) is 3. The molecule has 0 aromatic rings. The van der Waals surface area contributed by atoms with Crippen LogP contribution in [0.2, 0.25) is 0 Å². The number of aliphatic hydroxyl groups is 1. The number of rotatable bonds is 17. The lowest BCUT2D eigenvalue weighted by Crippen LogP contribution is -2.04. The second kappa shape index (κ2) is 19.1. The Balaban J connectivity index is 3.31. The van der Waals surface area contributed by atoms with Gasteiger partial charge >= 0.3 is 5.97 Å². The van der Waals surface area contributed by atoms with Gasteiger partial charge in [0.25, 0.3) is 0 Å². The molecule has 0 saturated heterocycles. The summed E-state index contributed by atoms with van der Waals surface area (Å²) in [5, 5.41) is 8.98. The smallest absolute Gasteiger partial charge is 0.336 e. The molecule has 0 aliphatic rings. The van der Waals surface area contributed by atoms with E-state index in [-0.39, 0.29) is 0 Å². The van der Waals surface area contributed by atoms with Crippen molar-refractivity contribution < 1.29 is 14.6 Å². The fourth-order valence-corrected chi connectivity index (χ4v) is 2.91. The average molecular weight is 353 g/mol. The average Bonchev–Trinajstić information content (AvgIpc) is 2.64. The topological polar surface area (TPSA) is 46.5 Å². The van der Waals surface area contributed by atoms with Crippen LogP contribution in [0.5, 0.6) is 0 Å². The van der Waals surface area contributed by atoms with Crippen LogP contribution in [0.1, 0.15) is 103 Å². The Bertz CT molecular complexity index is 358. The lowest BCUT2D eigenvalue weighted by atomic mass is 10.0. The number of unbranched alkanes of at least 4 members (excludes halogenated alkanes) is 12. The maximum absolute atomic E-state index is 11.3. The Morgan fingerprint density at radius 2 is 1.28 bits per heavy atom. The van der Waals surface area contributed by atoms with Gasteiger partial charge in [-0.15, -0.1) is 0 Å². The first kappa shape index (κ1) is 23.8. The van der Waals surface area contributed by atoms with Crippen LogP contribution in [0, 0.1) is 0 Å². The molecule has 25 heavy (non-hydrogen) atoms. The van der Waals surface area contributed by atoms with Crippen LogP contribution in [0.25, 0.3) is 0 Å². The highest BCUT2D eigenvalue weighted by molar-refractivity contribution is 5.87. The highest BCUT2D eigenvalue weighted by atomic mass is 16.5. The molecule has 0 aromatic heterocycles. The highest BCUT2D eigenvalue weighted by Gasteiger charge is 2.08. The van der Waals surface area contributed by atoms with Gasteiger partial charge in [-0.1, -0.05) is 76.9 Å². The summed E-state index contributed by atoms with van der Waals surface area (Å²) >= 11 is 0. The maximum Gasteiger partial charge on any atom is 0.336 e. The molecular weight excluding hydrogens is 312 g/mol. The van der Waals surface area contributed by atoms with E-state index in [4.69, 9.17) is 5.11 Å². The highest BCUT2D eigenvalue weighted by Crippen LogP contribution is 2.13. The minimum atomic E-state index is -0.421. The number of ether oxygens (including phenoxy) is 1. The molecule has 0 unspecified atom stereocenters. The summed E-state index contributed by atoms with van der Waals surface area (Å²) in [5.74, 6) is -0.421. The summed E-state index contributed by atoms with van der Waals surface area (Å²) in [4.78, 5) is 11.3. The minimum Gasteiger partial charge on any atom is -0.515 e. The summed E-state index contributed by atoms with van der Waals surface area (Å²) in [6, 6.07) is 0. The Morgan fingerprint density at radius 3 is 1.76 bits per heavy atom. The van der Waals surface area contributed by atoms with E-state index in [1.165, 1.54) is 84.2 Å². The number of esters is 1. The van der Waals surface area contributed by atoms with E-state index in [0.717, 1.165) is 19.1 Å². The zero-order valence-corrected chi connectivity index (χ0v) is 16.6. The summed E-state index contributed by atoms with van der Waals surface area (Å²) in [5.41, 5.74) is 0.373. The third-order valence-electron chi connectivity index (χ3n) is 4.56. The number of aliphatic hydroxyl groups excluding tert-OH is 1. The second-order valence-corrected chi connectivity index (χ2v) is 6.83. The molecule has 0 bridgehead atoms. The van der Waals surface area contributed by atoms with Gasteiger partial charge in [0.2, 0.25) is 0 Å². The molecule has 0 atom stereocenters. The van der Waals surface area contributed by atoms with Gasteiger partial charge < -0.3 is 9.84 Å². The summed E-state index contributed by atoms with van der Waals surface area (Å²) in [6.07, 6.45) is 23.9. The fraction of sp³-hybridized carbons (Fsp3) is 0.773. The van der Waals surface area contributed by atoms with Crippen LogP contribution in [0.3, 0.4) is 0 Å². The minimum absolute atomic E-state index is 0.373. The molecule has 0 radical (unpaired) electrons. The number of methoxy groups -OCH3 is 1. The Labute approximate surface area is 155 Å². The van der Waals surface area contributed by atoms with Crippen LogP contribution in [-0.2, 0) is 9.53 Å². The van der Waals surface area contributed by atoms with E-state index >= 15 is 0 Å². The van der Waals surface area contributed by atoms with E-state index < -0.39 is 5.97 Å². The SMILES string of the molecule is CCCCCCCC/C=C\CCCCCCCCC(=CO)C(=O)OC. The first-order valence-electron chi connectivity index (χ1n) is 10.3. The molecule has 3 nitrogen and oxygen atoms in total. The van der Waals surface area contributed by atoms with Crippen LogP contribution in [0.4, 0.5) is 0 Å². The van der Waals surface area contributed by atoms with Crippen LogP contribution < -0.4 is 0 Å². The van der Waals surface area contributed by atoms with E-state index in [2.05, 4.69) is 23.8 Å². The Hall–Kier alpha value is -1.25. The summed E-state index contributed by atoms with van der Waals surface area (Å²) < 4.78 is 4.61. The van der Waals surface area contributed by atoms with Crippen molar-refractivity contribution in [3.8, 4) is 0 Å². The third-order valence-corrected chi connectivity index (χ3v) is 4.56. The first-order valence-corrected chi connectivity index (χ1v) is 10.3. The monoisotopic (exact) mass is 352 g/mol. The zero-order valence-electron chi connectivity index (χ0n) is 16.6. The van der Waals surface area contributed by atoms with Crippen LogP contribution >= 0.6 is 0 Å². The molecule has 1 N–H and O–H groups in total. The number of carbonyl (C=O) groups is 1. The van der Waals surface area contributed by atoms with Crippen molar-refractivity contribution in [2.75, 3.05) is 7.11 Å². The normalized spacial score (nSPS) is 12.0. The van der Waals surface area contributed by atoms with Gasteiger partial charge in [0.05, 0.1) is 18.9 Å². The lowest BCUT2D eigenvalue weighted by molar-refractivity contribution is -0.136. The molecule has 0 rings (SSSR count). The molecule has 0 aliphatic heterocycles. The first-order chi connectivity index (χ1) is 12.3. The lowest BCUT2D eigenvalue weighted by Gasteiger charge is -2.04. The van der Waals surface area contributed by atoms with E-state index in [1.54, 1.807) is 0 Å². The summed E-state index contributed by atoms with van der Waals surface area (Å²) in [6.45, 7) is 2.26. The van der Waals surface area contributed by atoms with Crippen molar-refractivity contribution in [2.24, 2.45) is 0 Å². The van der Waals surface area contributed by atoms with Gasteiger partial charge in [-0.05, 0) is 38.5 Å². The van der Waals surface area contributed by atoms with Crippen LogP contribution in [0.15, 0.2) is 24.0 Å². The number of hydrogen-bond donors (Lipinski definition) is 1. The number of carbonyl (C=O) groups excluding carboxylic acids is 1. The van der Waals surface area contributed by atoms with Crippen molar-refractivity contribution in [3.05, 3.63) is 24.0 Å². The Kier molecular flexibility index (Phi) is 18.1. The second-order valence-electron chi connectivity index (χ2n) is 6.83. The molecule has 0 heterocycles. The number of allylic oxidation sites excluding steroid dienone is 2. The van der Waals surface area contributed by atoms with Crippen molar-refractivity contribution in [3.63, 3.8) is 0 Å². The van der Waals surface area contributed by atoms with Crippen molar-refractivity contribution in [1.29, 1.82) is 0 Å². The van der Waals surface area contributed by atoms with Crippen molar-refractivity contribution in [1.82, 2.24) is 0 Å². The van der Waals surface area contributed by atoms with E-state index in [9.17, 15) is 4.79 Å².